The van der Waals surface area contributed by atoms with E-state index in [1.165, 1.54) is 6.07 Å². The number of aliphatic carboxylic acids is 1. The van der Waals surface area contributed by atoms with Crippen LogP contribution in [0.5, 0.6) is 0 Å². The molecule has 3 nitrogen and oxygen atoms in total. The van der Waals surface area contributed by atoms with Gasteiger partial charge in [0.2, 0.25) is 0 Å². The van der Waals surface area contributed by atoms with Crippen molar-refractivity contribution in [3.63, 3.8) is 0 Å². The Morgan fingerprint density at radius 1 is 1.54 bits per heavy atom. The zero-order chi connectivity index (χ0) is 9.84. The van der Waals surface area contributed by atoms with Gasteiger partial charge in [0.15, 0.2) is 0 Å². The summed E-state index contributed by atoms with van der Waals surface area (Å²) in [4.78, 5) is 20.9. The zero-order valence-corrected chi connectivity index (χ0v) is 7.41. The molecule has 1 aromatic carbocycles. The van der Waals surface area contributed by atoms with Crippen molar-refractivity contribution >= 4 is 23.9 Å². The van der Waals surface area contributed by atoms with Gasteiger partial charge < -0.3 is 5.11 Å². The summed E-state index contributed by atoms with van der Waals surface area (Å²) in [6.45, 7) is 0. The van der Waals surface area contributed by atoms with E-state index in [0.717, 1.165) is 0 Å². The van der Waals surface area contributed by atoms with Crippen LogP contribution in [0.15, 0.2) is 18.2 Å². The lowest BCUT2D eigenvalue weighted by molar-refractivity contribution is -0.136. The smallest absolute Gasteiger partial charge is 0.307 e. The lowest BCUT2D eigenvalue weighted by Crippen LogP contribution is -2.02. The monoisotopic (exact) mass is 198 g/mol. The summed E-state index contributed by atoms with van der Waals surface area (Å²) in [5.41, 5.74) is 0.807. The molecule has 0 atom stereocenters. The molecule has 0 saturated carbocycles. The zero-order valence-electron chi connectivity index (χ0n) is 6.66. The average Bonchev–Trinajstić information content (AvgIpc) is 2.07. The summed E-state index contributed by atoms with van der Waals surface area (Å²) < 4.78 is 0. The van der Waals surface area contributed by atoms with E-state index >= 15 is 0 Å². The summed E-state index contributed by atoms with van der Waals surface area (Å²) in [7, 11) is 0. The fraction of sp³-hybridized carbons (Fsp3) is 0.111. The van der Waals surface area contributed by atoms with Crippen molar-refractivity contribution in [2.45, 2.75) is 6.42 Å². The Morgan fingerprint density at radius 2 is 2.23 bits per heavy atom. The molecule has 13 heavy (non-hydrogen) atoms. The minimum absolute atomic E-state index is 0.161. The molecule has 0 aliphatic rings. The summed E-state index contributed by atoms with van der Waals surface area (Å²) in [5, 5.41) is 8.93. The van der Waals surface area contributed by atoms with E-state index in [9.17, 15) is 9.59 Å². The van der Waals surface area contributed by atoms with Crippen LogP contribution in [0.3, 0.4) is 0 Å². The Labute approximate surface area is 79.9 Å². The van der Waals surface area contributed by atoms with Crippen molar-refractivity contribution < 1.29 is 14.7 Å². The Kier molecular flexibility index (Phi) is 3.03. The normalized spacial score (nSPS) is 9.62. The second-order valence-corrected chi connectivity index (χ2v) is 2.97. The predicted molar refractivity (Wildman–Crippen MR) is 48.2 cm³/mol. The highest BCUT2D eigenvalue weighted by molar-refractivity contribution is 6.30. The molecule has 1 rings (SSSR count). The molecule has 1 aromatic rings. The van der Waals surface area contributed by atoms with Gasteiger partial charge >= 0.3 is 5.97 Å². The number of hydrogen-bond donors (Lipinski definition) is 1. The Hall–Kier alpha value is -1.35. The van der Waals surface area contributed by atoms with Crippen LogP contribution < -0.4 is 0 Å². The van der Waals surface area contributed by atoms with Gasteiger partial charge in [0.25, 0.3) is 0 Å². The molecule has 0 bridgehead atoms. The van der Waals surface area contributed by atoms with Crippen molar-refractivity contribution in [2.24, 2.45) is 0 Å². The highest BCUT2D eigenvalue weighted by Gasteiger charge is 2.06. The first-order chi connectivity index (χ1) is 6.13. The van der Waals surface area contributed by atoms with Gasteiger partial charge in [-0.1, -0.05) is 17.7 Å². The second-order valence-electron chi connectivity index (χ2n) is 2.53. The number of carbonyl (C=O) groups excluding carboxylic acids is 1. The molecule has 0 heterocycles. The second kappa shape index (κ2) is 4.05. The number of aldehydes is 1. The third-order valence-electron chi connectivity index (χ3n) is 1.58. The molecule has 0 amide bonds. The molecule has 0 saturated heterocycles. The first-order valence-electron chi connectivity index (χ1n) is 3.59. The average molecular weight is 199 g/mol. The van der Waals surface area contributed by atoms with Crippen LogP contribution in [0.25, 0.3) is 0 Å². The minimum Gasteiger partial charge on any atom is -0.481 e. The Morgan fingerprint density at radius 3 is 2.77 bits per heavy atom. The molecule has 1 N–H and O–H groups in total. The van der Waals surface area contributed by atoms with Gasteiger partial charge in [-0.25, -0.2) is 0 Å². The first kappa shape index (κ1) is 9.74. The molecular weight excluding hydrogens is 192 g/mol. The lowest BCUT2D eigenvalue weighted by Gasteiger charge is -2.01. The summed E-state index contributed by atoms with van der Waals surface area (Å²) >= 11 is 5.63. The highest BCUT2D eigenvalue weighted by atomic mass is 35.5. The Balaban J connectivity index is 3.05. The number of hydrogen-bond acceptors (Lipinski definition) is 2. The van der Waals surface area contributed by atoms with E-state index in [2.05, 4.69) is 0 Å². The van der Waals surface area contributed by atoms with Gasteiger partial charge in [0.05, 0.1) is 6.42 Å². The predicted octanol–water partition coefficient (Wildman–Crippen LogP) is 1.78. The third-order valence-corrected chi connectivity index (χ3v) is 1.81. The van der Waals surface area contributed by atoms with Crippen molar-refractivity contribution in [3.8, 4) is 0 Å². The molecule has 68 valence electrons. The number of halogens is 1. The van der Waals surface area contributed by atoms with Gasteiger partial charge in [-0.05, 0) is 17.7 Å². The maximum Gasteiger partial charge on any atom is 0.307 e. The minimum atomic E-state index is -0.967. The fourth-order valence-electron chi connectivity index (χ4n) is 0.999. The summed E-state index contributed by atoms with van der Waals surface area (Å²) in [6.07, 6.45) is 0.440. The van der Waals surface area contributed by atoms with Gasteiger partial charge in [-0.15, -0.1) is 0 Å². The van der Waals surface area contributed by atoms with Crippen LogP contribution in [0, 0.1) is 0 Å². The number of carboxylic acids is 1. The van der Waals surface area contributed by atoms with E-state index in [-0.39, 0.29) is 6.42 Å². The van der Waals surface area contributed by atoms with Gasteiger partial charge in [0.1, 0.15) is 6.29 Å². The fourth-order valence-corrected chi connectivity index (χ4v) is 1.18. The molecule has 0 unspecified atom stereocenters. The van der Waals surface area contributed by atoms with Crippen molar-refractivity contribution in [1.29, 1.82) is 0 Å². The van der Waals surface area contributed by atoms with E-state index in [1.54, 1.807) is 12.1 Å². The number of carboxylic acid groups (broad SMARTS) is 1. The van der Waals surface area contributed by atoms with E-state index in [0.29, 0.717) is 22.4 Å². The van der Waals surface area contributed by atoms with Crippen LogP contribution >= 0.6 is 11.6 Å². The Bertz CT molecular complexity index is 347. The van der Waals surface area contributed by atoms with Gasteiger partial charge in [-0.2, -0.15) is 0 Å². The van der Waals surface area contributed by atoms with E-state index in [1.807, 2.05) is 0 Å². The van der Waals surface area contributed by atoms with E-state index in [4.69, 9.17) is 16.7 Å². The number of carbonyl (C=O) groups is 2. The standard InChI is InChI=1S/C9H7ClO3/c10-8-2-1-6(4-9(12)13)7(3-8)5-11/h1-3,5H,4H2,(H,12,13). The topological polar surface area (TPSA) is 54.4 Å². The molecule has 0 aliphatic heterocycles. The van der Waals surface area contributed by atoms with Crippen LogP contribution in [0.2, 0.25) is 5.02 Å². The lowest BCUT2D eigenvalue weighted by atomic mass is 10.1. The van der Waals surface area contributed by atoms with Crippen molar-refractivity contribution in [1.82, 2.24) is 0 Å². The largest absolute Gasteiger partial charge is 0.481 e. The SMILES string of the molecule is O=Cc1cc(Cl)ccc1CC(=O)O. The first-order valence-corrected chi connectivity index (χ1v) is 3.96. The van der Waals surface area contributed by atoms with Crippen LogP contribution in [0.1, 0.15) is 15.9 Å². The van der Waals surface area contributed by atoms with Gasteiger partial charge in [0, 0.05) is 10.6 Å². The molecule has 0 aromatic heterocycles. The van der Waals surface area contributed by atoms with Crippen LogP contribution in [-0.4, -0.2) is 17.4 Å². The summed E-state index contributed by atoms with van der Waals surface area (Å²) in [6, 6.07) is 4.56. The number of rotatable bonds is 3. The highest BCUT2D eigenvalue weighted by Crippen LogP contribution is 2.14. The molecular formula is C9H7ClO3. The van der Waals surface area contributed by atoms with Crippen molar-refractivity contribution in [2.75, 3.05) is 0 Å². The molecule has 4 heteroatoms. The third kappa shape index (κ3) is 2.56. The molecule has 0 radical (unpaired) electrons. The van der Waals surface area contributed by atoms with Gasteiger partial charge in [-0.3, -0.25) is 9.59 Å². The van der Waals surface area contributed by atoms with E-state index < -0.39 is 5.97 Å². The number of benzene rings is 1. The van der Waals surface area contributed by atoms with Crippen LogP contribution in [-0.2, 0) is 11.2 Å². The molecule has 0 aliphatic carbocycles. The maximum absolute atomic E-state index is 10.5. The van der Waals surface area contributed by atoms with Crippen LogP contribution in [0.4, 0.5) is 0 Å². The molecule has 0 spiro atoms. The summed E-state index contributed by atoms with van der Waals surface area (Å²) in [5.74, 6) is -0.967. The molecule has 0 fully saturated rings. The van der Waals surface area contributed by atoms with Crippen molar-refractivity contribution in [3.05, 3.63) is 34.3 Å². The maximum atomic E-state index is 10.5. The quantitative estimate of drug-likeness (QED) is 0.754.